The van der Waals surface area contributed by atoms with Gasteiger partial charge in [0, 0.05) is 22.9 Å². The van der Waals surface area contributed by atoms with Crippen molar-refractivity contribution in [3.8, 4) is 0 Å². The molecule has 0 spiro atoms. The summed E-state index contributed by atoms with van der Waals surface area (Å²) in [6.45, 7) is 2.14. The molecule has 1 saturated carbocycles. The topological polar surface area (TPSA) is 53.4 Å². The molecule has 0 aliphatic heterocycles. The summed E-state index contributed by atoms with van der Waals surface area (Å²) >= 11 is 0. The lowest BCUT2D eigenvalue weighted by molar-refractivity contribution is -0.0426. The van der Waals surface area contributed by atoms with Gasteiger partial charge in [0.1, 0.15) is 0 Å². The number of aromatic nitrogens is 1. The van der Waals surface area contributed by atoms with Gasteiger partial charge < -0.3 is 10.2 Å². The van der Waals surface area contributed by atoms with Crippen LogP contribution in [0.5, 0.6) is 0 Å². The van der Waals surface area contributed by atoms with Gasteiger partial charge in [-0.1, -0.05) is 6.92 Å². The largest absolute Gasteiger partial charge is 0.364 e. The first-order valence-corrected chi connectivity index (χ1v) is 4.44. The third-order valence-electron chi connectivity index (χ3n) is 2.70. The van der Waals surface area contributed by atoms with E-state index in [4.69, 9.17) is 10.2 Å². The Hall–Kier alpha value is -0.930. The SMILES string of the molecule is CC1(c2cc(C(O)O)ccn2)CC1. The van der Waals surface area contributed by atoms with Crippen LogP contribution < -0.4 is 0 Å². The molecule has 3 nitrogen and oxygen atoms in total. The average molecular weight is 179 g/mol. The number of pyridine rings is 1. The number of nitrogens with zero attached hydrogens (tertiary/aromatic N) is 1. The highest BCUT2D eigenvalue weighted by Gasteiger charge is 2.40. The van der Waals surface area contributed by atoms with E-state index in [-0.39, 0.29) is 5.41 Å². The average Bonchev–Trinajstić information content (AvgIpc) is 2.85. The Morgan fingerprint density at radius 2 is 2.15 bits per heavy atom. The zero-order chi connectivity index (χ0) is 9.47. The van der Waals surface area contributed by atoms with Gasteiger partial charge in [0.25, 0.3) is 0 Å². The summed E-state index contributed by atoms with van der Waals surface area (Å²) in [5, 5.41) is 17.9. The second kappa shape index (κ2) is 2.79. The number of rotatable bonds is 2. The molecular weight excluding hydrogens is 166 g/mol. The summed E-state index contributed by atoms with van der Waals surface area (Å²) in [6, 6.07) is 3.40. The molecule has 1 aliphatic rings. The first kappa shape index (κ1) is 8.66. The van der Waals surface area contributed by atoms with Gasteiger partial charge in [0.05, 0.1) is 0 Å². The van der Waals surface area contributed by atoms with Crippen LogP contribution in [0.4, 0.5) is 0 Å². The van der Waals surface area contributed by atoms with E-state index >= 15 is 0 Å². The Bertz CT molecular complexity index is 318. The maximum Gasteiger partial charge on any atom is 0.178 e. The molecule has 0 atom stereocenters. The van der Waals surface area contributed by atoms with Gasteiger partial charge in [-0.15, -0.1) is 0 Å². The number of aliphatic hydroxyl groups excluding tert-OH is 1. The summed E-state index contributed by atoms with van der Waals surface area (Å²) in [5.74, 6) is 0. The highest BCUT2D eigenvalue weighted by molar-refractivity contribution is 5.27. The molecule has 13 heavy (non-hydrogen) atoms. The predicted octanol–water partition coefficient (Wildman–Crippen LogP) is 1.12. The maximum absolute atomic E-state index is 8.96. The van der Waals surface area contributed by atoms with Crippen LogP contribution in [0.2, 0.25) is 0 Å². The lowest BCUT2D eigenvalue weighted by atomic mass is 10.0. The molecule has 1 aromatic rings. The van der Waals surface area contributed by atoms with E-state index < -0.39 is 6.29 Å². The fourth-order valence-electron chi connectivity index (χ4n) is 1.38. The lowest BCUT2D eigenvalue weighted by Crippen LogP contribution is -2.05. The molecule has 1 aromatic heterocycles. The smallest absolute Gasteiger partial charge is 0.178 e. The van der Waals surface area contributed by atoms with E-state index in [2.05, 4.69) is 11.9 Å². The molecule has 0 bridgehead atoms. The number of aliphatic hydroxyl groups is 2. The Morgan fingerprint density at radius 3 is 2.69 bits per heavy atom. The minimum atomic E-state index is -1.39. The minimum absolute atomic E-state index is 0.185. The van der Waals surface area contributed by atoms with Gasteiger partial charge in [-0.05, 0) is 25.0 Å². The fourth-order valence-corrected chi connectivity index (χ4v) is 1.38. The van der Waals surface area contributed by atoms with Crippen molar-refractivity contribution in [2.45, 2.75) is 31.5 Å². The molecule has 1 fully saturated rings. The number of hydrogen-bond donors (Lipinski definition) is 2. The molecule has 0 radical (unpaired) electrons. The number of hydrogen-bond acceptors (Lipinski definition) is 3. The van der Waals surface area contributed by atoms with Crippen molar-refractivity contribution in [3.05, 3.63) is 29.6 Å². The van der Waals surface area contributed by atoms with Crippen LogP contribution in [0.1, 0.15) is 37.3 Å². The second-order valence-electron chi connectivity index (χ2n) is 3.91. The summed E-state index contributed by atoms with van der Waals surface area (Å²) in [4.78, 5) is 4.23. The van der Waals surface area contributed by atoms with Crippen molar-refractivity contribution in [1.29, 1.82) is 0 Å². The molecule has 0 saturated heterocycles. The van der Waals surface area contributed by atoms with E-state index in [0.717, 1.165) is 18.5 Å². The van der Waals surface area contributed by atoms with E-state index in [1.807, 2.05) is 0 Å². The van der Waals surface area contributed by atoms with Crippen LogP contribution in [0.15, 0.2) is 18.3 Å². The van der Waals surface area contributed by atoms with Crippen LogP contribution in [0.3, 0.4) is 0 Å². The van der Waals surface area contributed by atoms with Crippen molar-refractivity contribution in [2.75, 3.05) is 0 Å². The predicted molar refractivity (Wildman–Crippen MR) is 48.0 cm³/mol. The standard InChI is InChI=1S/C10H13NO2/c1-10(3-4-10)8-6-7(9(12)13)2-5-11-8/h2,5-6,9,12-13H,3-4H2,1H3. The lowest BCUT2D eigenvalue weighted by Gasteiger charge is -2.10. The Morgan fingerprint density at radius 1 is 1.46 bits per heavy atom. The molecular formula is C10H13NO2. The highest BCUT2D eigenvalue weighted by atomic mass is 16.5. The quantitative estimate of drug-likeness (QED) is 0.669. The normalized spacial score (nSPS) is 19.1. The van der Waals surface area contributed by atoms with Gasteiger partial charge in [0.15, 0.2) is 6.29 Å². The van der Waals surface area contributed by atoms with Gasteiger partial charge in [-0.3, -0.25) is 4.98 Å². The molecule has 1 aliphatic carbocycles. The molecule has 70 valence electrons. The molecule has 2 N–H and O–H groups in total. The first-order chi connectivity index (χ1) is 6.12. The van der Waals surface area contributed by atoms with Crippen LogP contribution in [0.25, 0.3) is 0 Å². The van der Waals surface area contributed by atoms with E-state index in [0.29, 0.717) is 5.56 Å². The molecule has 0 unspecified atom stereocenters. The summed E-state index contributed by atoms with van der Waals surface area (Å²) in [5.41, 5.74) is 1.68. The first-order valence-electron chi connectivity index (χ1n) is 4.44. The summed E-state index contributed by atoms with van der Waals surface area (Å²) < 4.78 is 0. The molecule has 0 amide bonds. The van der Waals surface area contributed by atoms with Crippen LogP contribution >= 0.6 is 0 Å². The van der Waals surface area contributed by atoms with Crippen LogP contribution in [-0.2, 0) is 5.41 Å². The van der Waals surface area contributed by atoms with Crippen molar-refractivity contribution in [3.63, 3.8) is 0 Å². The van der Waals surface area contributed by atoms with E-state index in [1.165, 1.54) is 0 Å². The van der Waals surface area contributed by atoms with Gasteiger partial charge in [-0.2, -0.15) is 0 Å². The van der Waals surface area contributed by atoms with Crippen molar-refractivity contribution in [2.24, 2.45) is 0 Å². The zero-order valence-corrected chi connectivity index (χ0v) is 7.57. The van der Waals surface area contributed by atoms with Gasteiger partial charge >= 0.3 is 0 Å². The Kier molecular flexibility index (Phi) is 1.86. The van der Waals surface area contributed by atoms with Crippen molar-refractivity contribution in [1.82, 2.24) is 4.98 Å². The monoisotopic (exact) mass is 179 g/mol. The third-order valence-corrected chi connectivity index (χ3v) is 2.70. The van der Waals surface area contributed by atoms with Gasteiger partial charge in [0.2, 0.25) is 0 Å². The Labute approximate surface area is 77.1 Å². The van der Waals surface area contributed by atoms with Crippen molar-refractivity contribution < 1.29 is 10.2 Å². The highest BCUT2D eigenvalue weighted by Crippen LogP contribution is 2.46. The molecule has 2 rings (SSSR count). The maximum atomic E-state index is 8.96. The summed E-state index contributed by atoms with van der Waals surface area (Å²) in [6.07, 6.45) is 2.54. The van der Waals surface area contributed by atoms with Crippen LogP contribution in [0, 0.1) is 0 Å². The minimum Gasteiger partial charge on any atom is -0.364 e. The van der Waals surface area contributed by atoms with Gasteiger partial charge in [-0.25, -0.2) is 0 Å². The molecule has 1 heterocycles. The van der Waals surface area contributed by atoms with Crippen LogP contribution in [-0.4, -0.2) is 15.2 Å². The molecule has 3 heteroatoms. The van der Waals surface area contributed by atoms with E-state index in [9.17, 15) is 0 Å². The van der Waals surface area contributed by atoms with Crippen molar-refractivity contribution >= 4 is 0 Å². The fraction of sp³-hybridized carbons (Fsp3) is 0.500. The zero-order valence-electron chi connectivity index (χ0n) is 7.57. The molecule has 0 aromatic carbocycles. The van der Waals surface area contributed by atoms with E-state index in [1.54, 1.807) is 18.3 Å². The second-order valence-corrected chi connectivity index (χ2v) is 3.91. The third kappa shape index (κ3) is 1.57. The Balaban J connectivity index is 2.33. The summed E-state index contributed by atoms with van der Waals surface area (Å²) in [7, 11) is 0.